The first kappa shape index (κ1) is 22.3. The van der Waals surface area contributed by atoms with Gasteiger partial charge >= 0.3 is 0 Å². The molecular formula is C26H21FN4OS. The van der Waals surface area contributed by atoms with Crippen LogP contribution < -0.4 is 5.32 Å². The Morgan fingerprint density at radius 2 is 1.73 bits per heavy atom. The second-order valence-electron chi connectivity index (χ2n) is 7.47. The minimum absolute atomic E-state index is 0.214. The summed E-state index contributed by atoms with van der Waals surface area (Å²) in [5.41, 5.74) is 3.57. The van der Waals surface area contributed by atoms with Gasteiger partial charge in [0.05, 0.1) is 29.1 Å². The summed E-state index contributed by atoms with van der Waals surface area (Å²) in [4.78, 5) is 14.7. The highest BCUT2D eigenvalue weighted by Gasteiger charge is 2.19. The van der Waals surface area contributed by atoms with Crippen LogP contribution in [0.5, 0.6) is 0 Å². The fourth-order valence-corrected chi connectivity index (χ4v) is 4.58. The molecule has 0 aliphatic rings. The molecule has 0 spiro atoms. The van der Waals surface area contributed by atoms with Gasteiger partial charge in [0.2, 0.25) is 0 Å². The van der Waals surface area contributed by atoms with E-state index in [2.05, 4.69) is 16.5 Å². The summed E-state index contributed by atoms with van der Waals surface area (Å²) >= 11 is 1.39. The number of hydrogen-bond acceptors (Lipinski definition) is 4. The number of carbonyl (C=O) groups is 1. The normalized spacial score (nSPS) is 11.6. The van der Waals surface area contributed by atoms with E-state index in [4.69, 9.17) is 0 Å². The molecule has 3 aromatic carbocycles. The van der Waals surface area contributed by atoms with Crippen LogP contribution in [0.2, 0.25) is 0 Å². The number of halogens is 1. The second kappa shape index (κ2) is 9.72. The Bertz CT molecular complexity index is 1340. The van der Waals surface area contributed by atoms with Crippen molar-refractivity contribution in [3.05, 3.63) is 107 Å². The Hall–Kier alpha value is -3.89. The Labute approximate surface area is 195 Å². The first-order chi connectivity index (χ1) is 16.0. The third-order valence-corrected chi connectivity index (χ3v) is 6.44. The van der Waals surface area contributed by atoms with E-state index in [1.807, 2.05) is 50.2 Å². The monoisotopic (exact) mass is 456 g/mol. The Morgan fingerprint density at radius 3 is 2.45 bits per heavy atom. The van der Waals surface area contributed by atoms with Crippen molar-refractivity contribution in [2.75, 3.05) is 0 Å². The molecule has 1 unspecified atom stereocenters. The summed E-state index contributed by atoms with van der Waals surface area (Å²) in [6.07, 6.45) is 1.72. The number of benzene rings is 3. The highest BCUT2D eigenvalue weighted by Crippen LogP contribution is 2.33. The van der Waals surface area contributed by atoms with Gasteiger partial charge in [-0.25, -0.2) is 9.07 Å². The zero-order chi connectivity index (χ0) is 23.4. The van der Waals surface area contributed by atoms with Crippen LogP contribution in [0, 0.1) is 24.1 Å². The molecule has 0 fully saturated rings. The minimum Gasteiger partial charge on any atom is -0.345 e. The maximum atomic E-state index is 13.3. The van der Waals surface area contributed by atoms with Gasteiger partial charge in [-0.3, -0.25) is 4.79 Å². The van der Waals surface area contributed by atoms with Gasteiger partial charge in [-0.15, -0.1) is 0 Å². The highest BCUT2D eigenvalue weighted by molar-refractivity contribution is 7.99. The molecule has 0 saturated carbocycles. The summed E-state index contributed by atoms with van der Waals surface area (Å²) in [7, 11) is 0. The molecule has 1 amide bonds. The van der Waals surface area contributed by atoms with Crippen LogP contribution in [-0.2, 0) is 0 Å². The van der Waals surface area contributed by atoms with Crippen LogP contribution in [0.4, 0.5) is 4.39 Å². The van der Waals surface area contributed by atoms with Gasteiger partial charge in [-0.2, -0.15) is 10.4 Å². The van der Waals surface area contributed by atoms with E-state index >= 15 is 0 Å². The van der Waals surface area contributed by atoms with Crippen LogP contribution in [-0.4, -0.2) is 15.7 Å². The van der Waals surface area contributed by atoms with Gasteiger partial charge < -0.3 is 5.32 Å². The maximum Gasteiger partial charge on any atom is 0.252 e. The van der Waals surface area contributed by atoms with E-state index in [9.17, 15) is 14.4 Å². The summed E-state index contributed by atoms with van der Waals surface area (Å²) in [5, 5.41) is 16.8. The van der Waals surface area contributed by atoms with Crippen LogP contribution in [0.1, 0.15) is 40.1 Å². The summed E-state index contributed by atoms with van der Waals surface area (Å²) in [5.74, 6) is -0.521. The van der Waals surface area contributed by atoms with E-state index in [1.165, 1.54) is 23.9 Å². The lowest BCUT2D eigenvalue weighted by Crippen LogP contribution is -2.27. The lowest BCUT2D eigenvalue weighted by atomic mass is 10.1. The van der Waals surface area contributed by atoms with Crippen LogP contribution in [0.15, 0.2) is 88.8 Å². The van der Waals surface area contributed by atoms with Crippen molar-refractivity contribution in [1.82, 2.24) is 15.1 Å². The predicted molar refractivity (Wildman–Crippen MR) is 126 cm³/mol. The van der Waals surface area contributed by atoms with Gasteiger partial charge in [0.25, 0.3) is 5.91 Å². The molecule has 0 aliphatic carbocycles. The number of hydrogen-bond donors (Lipinski definition) is 1. The first-order valence-corrected chi connectivity index (χ1v) is 11.2. The Morgan fingerprint density at radius 1 is 1.06 bits per heavy atom. The van der Waals surface area contributed by atoms with Gasteiger partial charge in [0, 0.05) is 21.0 Å². The molecule has 4 rings (SSSR count). The van der Waals surface area contributed by atoms with Crippen molar-refractivity contribution in [2.24, 2.45) is 0 Å². The predicted octanol–water partition coefficient (Wildman–Crippen LogP) is 5.83. The maximum absolute atomic E-state index is 13.3. The largest absolute Gasteiger partial charge is 0.345 e. The number of rotatable bonds is 6. The Balaban J connectivity index is 1.55. The number of carbonyl (C=O) groups excluding carboxylic acids is 1. The van der Waals surface area contributed by atoms with Crippen molar-refractivity contribution in [3.8, 4) is 11.8 Å². The molecular weight excluding hydrogens is 435 g/mol. The van der Waals surface area contributed by atoms with E-state index in [1.54, 1.807) is 35.1 Å². The molecule has 7 heteroatoms. The molecule has 1 aromatic heterocycles. The number of nitrogens with zero attached hydrogens (tertiary/aromatic N) is 3. The Kier molecular flexibility index (Phi) is 6.57. The minimum atomic E-state index is -0.307. The highest BCUT2D eigenvalue weighted by atomic mass is 32.2. The number of amides is 1. The molecule has 0 aliphatic heterocycles. The SMILES string of the molecule is Cc1c(C(C)NC(=O)c2ccccc2Sc2ccccc2C#N)cnn1-c1ccc(F)cc1. The average Bonchev–Trinajstić information content (AvgIpc) is 3.21. The van der Waals surface area contributed by atoms with Crippen LogP contribution >= 0.6 is 11.8 Å². The second-order valence-corrected chi connectivity index (χ2v) is 8.56. The number of nitrogens with one attached hydrogen (secondary N) is 1. The molecule has 0 radical (unpaired) electrons. The van der Waals surface area contributed by atoms with Gasteiger partial charge in [-0.05, 0) is 62.4 Å². The van der Waals surface area contributed by atoms with Crippen molar-refractivity contribution in [3.63, 3.8) is 0 Å². The topological polar surface area (TPSA) is 70.7 Å². The van der Waals surface area contributed by atoms with Gasteiger partial charge in [0.1, 0.15) is 11.9 Å². The quantitative estimate of drug-likeness (QED) is 0.396. The average molecular weight is 457 g/mol. The number of nitriles is 1. The summed E-state index contributed by atoms with van der Waals surface area (Å²) in [6.45, 7) is 3.81. The van der Waals surface area contributed by atoms with Crippen molar-refractivity contribution >= 4 is 17.7 Å². The summed E-state index contributed by atoms with van der Waals surface area (Å²) in [6, 6.07) is 22.6. The third-order valence-electron chi connectivity index (χ3n) is 5.29. The standard InChI is InChI=1S/C26H21FN4OS/c1-17(23-16-29-31(18(23)2)21-13-11-20(27)12-14-21)30-26(32)22-8-4-6-10-25(22)33-24-9-5-3-7-19(24)15-28/h3-14,16-17H,1-2H3,(H,30,32). The molecule has 33 heavy (non-hydrogen) atoms. The summed E-state index contributed by atoms with van der Waals surface area (Å²) < 4.78 is 15.0. The van der Waals surface area contributed by atoms with E-state index in [-0.39, 0.29) is 17.8 Å². The molecule has 4 aromatic rings. The molecule has 0 bridgehead atoms. The van der Waals surface area contributed by atoms with Crippen molar-refractivity contribution in [2.45, 2.75) is 29.7 Å². The van der Waals surface area contributed by atoms with E-state index in [0.717, 1.165) is 26.7 Å². The fraction of sp³-hybridized carbons (Fsp3) is 0.115. The molecule has 1 heterocycles. The zero-order valence-electron chi connectivity index (χ0n) is 18.1. The lowest BCUT2D eigenvalue weighted by molar-refractivity contribution is 0.0937. The molecule has 1 N–H and O–H groups in total. The van der Waals surface area contributed by atoms with Gasteiger partial charge in [0.15, 0.2) is 0 Å². The van der Waals surface area contributed by atoms with Gasteiger partial charge in [-0.1, -0.05) is 36.0 Å². The van der Waals surface area contributed by atoms with E-state index < -0.39 is 0 Å². The molecule has 0 saturated heterocycles. The molecule has 5 nitrogen and oxygen atoms in total. The lowest BCUT2D eigenvalue weighted by Gasteiger charge is -2.16. The molecule has 1 atom stereocenters. The third kappa shape index (κ3) is 4.81. The van der Waals surface area contributed by atoms with Crippen molar-refractivity contribution in [1.29, 1.82) is 5.26 Å². The van der Waals surface area contributed by atoms with E-state index in [0.29, 0.717) is 11.1 Å². The fourth-order valence-electron chi connectivity index (χ4n) is 3.55. The molecule has 164 valence electrons. The van der Waals surface area contributed by atoms with Crippen LogP contribution in [0.3, 0.4) is 0 Å². The van der Waals surface area contributed by atoms with Crippen LogP contribution in [0.25, 0.3) is 5.69 Å². The number of aromatic nitrogens is 2. The first-order valence-electron chi connectivity index (χ1n) is 10.3. The zero-order valence-corrected chi connectivity index (χ0v) is 18.9. The smallest absolute Gasteiger partial charge is 0.252 e. The van der Waals surface area contributed by atoms with Crippen molar-refractivity contribution < 1.29 is 9.18 Å².